The SMILES string of the molecule is C[N+](C)([O-])c1ccc(Sc2cc(Cl)cc(Cl)c2)c(S(=O)(=O)NCCN2CCCCC2)c1. The highest BCUT2D eigenvalue weighted by Gasteiger charge is 2.23. The molecule has 0 unspecified atom stereocenters. The summed E-state index contributed by atoms with van der Waals surface area (Å²) in [6, 6.07) is 9.82. The van der Waals surface area contributed by atoms with Crippen molar-refractivity contribution in [2.45, 2.75) is 33.9 Å². The Kier molecular flexibility index (Phi) is 8.32. The van der Waals surface area contributed by atoms with E-state index < -0.39 is 14.7 Å². The maximum atomic E-state index is 13.2. The summed E-state index contributed by atoms with van der Waals surface area (Å²) >= 11 is 13.4. The van der Waals surface area contributed by atoms with Crippen molar-refractivity contribution in [3.63, 3.8) is 0 Å². The summed E-state index contributed by atoms with van der Waals surface area (Å²) in [6.07, 6.45) is 3.52. The smallest absolute Gasteiger partial charge is 0.241 e. The third-order valence-electron chi connectivity index (χ3n) is 5.07. The fraction of sp³-hybridized carbons (Fsp3) is 0.429. The van der Waals surface area contributed by atoms with Crippen molar-refractivity contribution < 1.29 is 8.42 Å². The van der Waals surface area contributed by atoms with Gasteiger partial charge in [0.1, 0.15) is 10.6 Å². The molecule has 0 saturated carbocycles. The van der Waals surface area contributed by atoms with Gasteiger partial charge in [0.05, 0.1) is 14.1 Å². The zero-order valence-electron chi connectivity index (χ0n) is 17.6. The molecule has 2 aromatic rings. The molecule has 31 heavy (non-hydrogen) atoms. The lowest BCUT2D eigenvalue weighted by molar-refractivity contribution is 0.232. The molecule has 3 rings (SSSR count). The van der Waals surface area contributed by atoms with Crippen molar-refractivity contribution in [2.24, 2.45) is 0 Å². The van der Waals surface area contributed by atoms with Crippen LogP contribution in [0.3, 0.4) is 0 Å². The minimum Gasteiger partial charge on any atom is -0.628 e. The number of benzene rings is 2. The van der Waals surface area contributed by atoms with Crippen molar-refractivity contribution in [3.8, 4) is 0 Å². The van der Waals surface area contributed by atoms with E-state index in [-0.39, 0.29) is 4.90 Å². The van der Waals surface area contributed by atoms with Gasteiger partial charge in [0, 0.05) is 45.1 Å². The number of sulfonamides is 1. The number of rotatable bonds is 8. The molecule has 0 amide bonds. The molecule has 0 spiro atoms. The molecule has 1 heterocycles. The molecule has 170 valence electrons. The minimum atomic E-state index is -3.83. The Bertz CT molecular complexity index is 1000. The van der Waals surface area contributed by atoms with Gasteiger partial charge in [0.15, 0.2) is 0 Å². The maximum Gasteiger partial charge on any atom is 0.241 e. The predicted molar refractivity (Wildman–Crippen MR) is 130 cm³/mol. The first-order valence-corrected chi connectivity index (χ1v) is 13.2. The van der Waals surface area contributed by atoms with Crippen LogP contribution in [0.4, 0.5) is 5.69 Å². The Labute approximate surface area is 198 Å². The minimum absolute atomic E-state index is 0.0757. The van der Waals surface area contributed by atoms with Crippen LogP contribution in [0.2, 0.25) is 10.0 Å². The van der Waals surface area contributed by atoms with Gasteiger partial charge in [0.2, 0.25) is 10.0 Å². The summed E-state index contributed by atoms with van der Waals surface area (Å²) in [5.41, 5.74) is 0.352. The van der Waals surface area contributed by atoms with Crippen LogP contribution in [0.15, 0.2) is 51.1 Å². The monoisotopic (exact) mass is 503 g/mol. The molecular weight excluding hydrogens is 477 g/mol. The zero-order chi connectivity index (χ0) is 22.6. The van der Waals surface area contributed by atoms with Crippen LogP contribution in [0, 0.1) is 5.21 Å². The molecule has 0 atom stereocenters. The number of nitrogens with one attached hydrogen (secondary N) is 1. The summed E-state index contributed by atoms with van der Waals surface area (Å²) in [5, 5.41) is 13.4. The Morgan fingerprint density at radius 1 is 1.06 bits per heavy atom. The summed E-state index contributed by atoms with van der Waals surface area (Å²) < 4.78 is 28.4. The zero-order valence-corrected chi connectivity index (χ0v) is 20.8. The van der Waals surface area contributed by atoms with Crippen LogP contribution in [0.25, 0.3) is 0 Å². The lowest BCUT2D eigenvalue weighted by atomic mass is 10.1. The Balaban J connectivity index is 1.87. The highest BCUT2D eigenvalue weighted by molar-refractivity contribution is 8.00. The van der Waals surface area contributed by atoms with E-state index in [2.05, 4.69) is 9.62 Å². The number of hydrogen-bond acceptors (Lipinski definition) is 5. The molecule has 1 saturated heterocycles. The Morgan fingerprint density at radius 2 is 1.71 bits per heavy atom. The Morgan fingerprint density at radius 3 is 2.32 bits per heavy atom. The van der Waals surface area contributed by atoms with Crippen LogP contribution < -0.4 is 9.37 Å². The van der Waals surface area contributed by atoms with E-state index in [1.807, 2.05) is 0 Å². The lowest BCUT2D eigenvalue weighted by Gasteiger charge is -2.33. The summed E-state index contributed by atoms with van der Waals surface area (Å²) in [5.74, 6) is 0. The van der Waals surface area contributed by atoms with E-state index in [9.17, 15) is 13.6 Å². The van der Waals surface area contributed by atoms with E-state index in [4.69, 9.17) is 23.2 Å². The van der Waals surface area contributed by atoms with E-state index >= 15 is 0 Å². The number of hydrogen-bond donors (Lipinski definition) is 1. The number of quaternary nitrogens is 1. The van der Waals surface area contributed by atoms with Crippen LogP contribution >= 0.6 is 35.0 Å². The van der Waals surface area contributed by atoms with Gasteiger partial charge in [-0.1, -0.05) is 41.4 Å². The van der Waals surface area contributed by atoms with E-state index in [1.165, 1.54) is 38.3 Å². The van der Waals surface area contributed by atoms with E-state index in [0.717, 1.165) is 25.9 Å². The highest BCUT2D eigenvalue weighted by Crippen LogP contribution is 2.37. The third kappa shape index (κ3) is 7.07. The Hall–Kier alpha value is -0.840. The average Bonchev–Trinajstić information content (AvgIpc) is 2.67. The standard InChI is InChI=1S/C21H27Cl2N3O3S2/c1-26(2,27)18-6-7-20(30-19-13-16(22)12-17(23)14-19)21(15-18)31(28,29)24-8-11-25-9-4-3-5-10-25/h6-7,12-15,24H,3-5,8-11H2,1-2H3. The number of hydroxylamine groups is 2. The third-order valence-corrected chi connectivity index (χ3v) is 8.19. The largest absolute Gasteiger partial charge is 0.628 e. The van der Waals surface area contributed by atoms with Crippen LogP contribution in [0.1, 0.15) is 19.3 Å². The second-order valence-corrected chi connectivity index (χ2v) is 11.7. The highest BCUT2D eigenvalue weighted by atomic mass is 35.5. The van der Waals surface area contributed by atoms with Crippen LogP contribution in [-0.4, -0.2) is 53.6 Å². The first-order valence-electron chi connectivity index (χ1n) is 10.1. The maximum absolute atomic E-state index is 13.2. The molecule has 1 aliphatic heterocycles. The lowest BCUT2D eigenvalue weighted by Crippen LogP contribution is -2.38. The normalized spacial score (nSPS) is 15.9. The molecule has 0 aromatic heterocycles. The molecule has 6 nitrogen and oxygen atoms in total. The van der Waals surface area contributed by atoms with Crippen LogP contribution in [0.5, 0.6) is 0 Å². The first kappa shape index (κ1) is 24.8. The van der Waals surface area contributed by atoms with E-state index in [0.29, 0.717) is 38.6 Å². The van der Waals surface area contributed by atoms with Crippen molar-refractivity contribution >= 4 is 50.7 Å². The van der Waals surface area contributed by atoms with Gasteiger partial charge in [0.25, 0.3) is 0 Å². The molecular formula is C21H27Cl2N3O3S2. The fourth-order valence-corrected chi connectivity index (χ4v) is 6.59. The predicted octanol–water partition coefficient (Wildman–Crippen LogP) is 4.97. The summed E-state index contributed by atoms with van der Waals surface area (Å²) in [6.45, 7) is 2.97. The molecule has 0 radical (unpaired) electrons. The second-order valence-electron chi connectivity index (χ2n) is 7.99. The van der Waals surface area contributed by atoms with Crippen molar-refractivity contribution in [2.75, 3.05) is 40.3 Å². The van der Waals surface area contributed by atoms with Crippen molar-refractivity contribution in [3.05, 3.63) is 51.7 Å². The first-order chi connectivity index (χ1) is 14.5. The van der Waals surface area contributed by atoms with Crippen molar-refractivity contribution in [1.82, 2.24) is 14.3 Å². The topological polar surface area (TPSA) is 72.5 Å². The molecule has 0 bridgehead atoms. The van der Waals surface area contributed by atoms with Gasteiger partial charge in [-0.25, -0.2) is 13.1 Å². The van der Waals surface area contributed by atoms with E-state index in [1.54, 1.807) is 30.3 Å². The number of halogens is 2. The number of nitrogens with zero attached hydrogens (tertiary/aromatic N) is 2. The number of likely N-dealkylation sites (tertiary alicyclic amines) is 1. The number of piperidine rings is 1. The summed E-state index contributed by atoms with van der Waals surface area (Å²) in [4.78, 5) is 3.56. The van der Waals surface area contributed by atoms with Gasteiger partial charge in [-0.2, -0.15) is 0 Å². The van der Waals surface area contributed by atoms with Gasteiger partial charge in [-0.15, -0.1) is 0 Å². The van der Waals surface area contributed by atoms with Gasteiger partial charge in [-0.05, 0) is 50.2 Å². The van der Waals surface area contributed by atoms with Gasteiger partial charge < -0.3 is 14.8 Å². The van der Waals surface area contributed by atoms with Gasteiger partial charge >= 0.3 is 0 Å². The molecule has 1 N–H and O–H groups in total. The van der Waals surface area contributed by atoms with Gasteiger partial charge in [-0.3, -0.25) is 0 Å². The van der Waals surface area contributed by atoms with Crippen molar-refractivity contribution in [1.29, 1.82) is 0 Å². The summed E-state index contributed by atoms with van der Waals surface area (Å²) in [7, 11) is -0.912. The van der Waals surface area contributed by atoms with Crippen LogP contribution in [-0.2, 0) is 10.0 Å². The fourth-order valence-electron chi connectivity index (χ4n) is 3.44. The molecule has 1 fully saturated rings. The molecule has 0 aliphatic carbocycles. The average molecular weight is 505 g/mol. The second kappa shape index (κ2) is 10.4. The molecule has 10 heteroatoms. The quantitative estimate of drug-likeness (QED) is 0.406. The molecule has 2 aromatic carbocycles. The molecule has 1 aliphatic rings.